The van der Waals surface area contributed by atoms with Gasteiger partial charge < -0.3 is 9.67 Å². The third-order valence-corrected chi connectivity index (χ3v) is 3.26. The van der Waals surface area contributed by atoms with Crippen molar-refractivity contribution in [2.24, 2.45) is 7.05 Å². The van der Waals surface area contributed by atoms with Crippen molar-refractivity contribution in [3.63, 3.8) is 0 Å². The molecule has 1 heterocycles. The molecule has 0 saturated heterocycles. The van der Waals surface area contributed by atoms with E-state index in [9.17, 15) is 5.11 Å². The van der Waals surface area contributed by atoms with Gasteiger partial charge in [0.1, 0.15) is 5.82 Å². The van der Waals surface area contributed by atoms with Crippen molar-refractivity contribution >= 4 is 0 Å². The number of aliphatic hydroxyl groups excluding tert-OH is 1. The molecule has 1 N–H and O–H groups in total. The summed E-state index contributed by atoms with van der Waals surface area (Å²) < 4.78 is 2.02. The highest BCUT2D eigenvalue weighted by atomic mass is 16.3. The van der Waals surface area contributed by atoms with Crippen molar-refractivity contribution in [1.29, 1.82) is 0 Å². The van der Waals surface area contributed by atoms with E-state index in [1.807, 2.05) is 24.0 Å². The minimum Gasteiger partial charge on any atom is -0.393 e. The maximum Gasteiger partial charge on any atom is 0.108 e. The molecule has 3 heteroatoms. The molecular formula is C14H26N2O. The molecule has 17 heavy (non-hydrogen) atoms. The molecule has 1 aromatic rings. The second-order valence-corrected chi connectivity index (χ2v) is 4.85. The van der Waals surface area contributed by atoms with Crippen molar-refractivity contribution in [3.05, 3.63) is 18.2 Å². The van der Waals surface area contributed by atoms with Gasteiger partial charge in [-0.05, 0) is 12.8 Å². The third kappa shape index (κ3) is 5.87. The SMILES string of the molecule is CCCCCCCC(O)CCc1nccn1C. The first-order chi connectivity index (χ1) is 8.24. The first kappa shape index (κ1) is 14.2. The molecule has 0 aliphatic heterocycles. The summed E-state index contributed by atoms with van der Waals surface area (Å²) in [5, 5.41) is 9.86. The largest absolute Gasteiger partial charge is 0.393 e. The molecular weight excluding hydrogens is 212 g/mol. The van der Waals surface area contributed by atoms with Gasteiger partial charge in [0.25, 0.3) is 0 Å². The summed E-state index contributed by atoms with van der Waals surface area (Å²) in [4.78, 5) is 4.26. The van der Waals surface area contributed by atoms with E-state index in [-0.39, 0.29) is 6.10 Å². The van der Waals surface area contributed by atoms with Crippen LogP contribution in [0.5, 0.6) is 0 Å². The van der Waals surface area contributed by atoms with Gasteiger partial charge in [-0.2, -0.15) is 0 Å². The molecule has 0 fully saturated rings. The molecule has 0 spiro atoms. The molecule has 0 radical (unpaired) electrons. The molecule has 0 saturated carbocycles. The van der Waals surface area contributed by atoms with Crippen LogP contribution in [0.25, 0.3) is 0 Å². The maximum absolute atomic E-state index is 9.86. The Hall–Kier alpha value is -0.830. The Kier molecular flexibility index (Phi) is 6.94. The van der Waals surface area contributed by atoms with Crippen molar-refractivity contribution in [2.75, 3.05) is 0 Å². The van der Waals surface area contributed by atoms with Gasteiger partial charge in [0.15, 0.2) is 0 Å². The number of aromatic nitrogens is 2. The molecule has 98 valence electrons. The van der Waals surface area contributed by atoms with E-state index >= 15 is 0 Å². The summed E-state index contributed by atoms with van der Waals surface area (Å²) in [6, 6.07) is 0. The van der Waals surface area contributed by atoms with Crippen LogP contribution in [0.4, 0.5) is 0 Å². The van der Waals surface area contributed by atoms with Crippen LogP contribution in [-0.4, -0.2) is 20.8 Å². The van der Waals surface area contributed by atoms with E-state index in [1.165, 1.54) is 25.7 Å². The summed E-state index contributed by atoms with van der Waals surface area (Å²) in [5.74, 6) is 1.06. The van der Waals surface area contributed by atoms with Crippen LogP contribution in [0.3, 0.4) is 0 Å². The number of aliphatic hydroxyl groups is 1. The Labute approximate surface area is 105 Å². The Morgan fingerprint density at radius 3 is 2.65 bits per heavy atom. The van der Waals surface area contributed by atoms with Gasteiger partial charge in [-0.3, -0.25) is 0 Å². The lowest BCUT2D eigenvalue weighted by atomic mass is 10.0. The number of rotatable bonds is 9. The normalized spacial score (nSPS) is 12.9. The van der Waals surface area contributed by atoms with E-state index < -0.39 is 0 Å². The summed E-state index contributed by atoms with van der Waals surface area (Å²) in [6.07, 6.45) is 12.6. The fourth-order valence-corrected chi connectivity index (χ4v) is 2.06. The van der Waals surface area contributed by atoms with Crippen molar-refractivity contribution in [3.8, 4) is 0 Å². The number of hydrogen-bond donors (Lipinski definition) is 1. The Bertz CT molecular complexity index is 296. The average Bonchev–Trinajstić information content (AvgIpc) is 2.72. The maximum atomic E-state index is 9.86. The summed E-state index contributed by atoms with van der Waals surface area (Å²) in [6.45, 7) is 2.22. The van der Waals surface area contributed by atoms with Crippen LogP contribution in [0, 0.1) is 0 Å². The zero-order valence-corrected chi connectivity index (χ0v) is 11.2. The minimum atomic E-state index is -0.159. The van der Waals surface area contributed by atoms with Gasteiger partial charge in [0.05, 0.1) is 6.10 Å². The molecule has 1 aromatic heterocycles. The van der Waals surface area contributed by atoms with Gasteiger partial charge in [0, 0.05) is 25.9 Å². The zero-order chi connectivity index (χ0) is 12.5. The van der Waals surface area contributed by atoms with E-state index in [1.54, 1.807) is 0 Å². The number of hydrogen-bond acceptors (Lipinski definition) is 2. The minimum absolute atomic E-state index is 0.159. The van der Waals surface area contributed by atoms with Gasteiger partial charge in [0.2, 0.25) is 0 Å². The van der Waals surface area contributed by atoms with E-state index in [4.69, 9.17) is 0 Å². The van der Waals surface area contributed by atoms with Crippen LogP contribution in [0.2, 0.25) is 0 Å². The molecule has 1 rings (SSSR count). The highest BCUT2D eigenvalue weighted by Crippen LogP contribution is 2.11. The predicted octanol–water partition coefficient (Wildman–Crippen LogP) is 3.07. The summed E-state index contributed by atoms with van der Waals surface area (Å²) in [5.41, 5.74) is 0. The molecule has 0 aromatic carbocycles. The van der Waals surface area contributed by atoms with Crippen LogP contribution in [0.1, 0.15) is 57.7 Å². The van der Waals surface area contributed by atoms with Gasteiger partial charge in [-0.25, -0.2) is 4.98 Å². The lowest BCUT2D eigenvalue weighted by molar-refractivity contribution is 0.150. The molecule has 1 unspecified atom stereocenters. The monoisotopic (exact) mass is 238 g/mol. The van der Waals surface area contributed by atoms with Gasteiger partial charge in [-0.1, -0.05) is 39.0 Å². The number of unbranched alkanes of at least 4 members (excludes halogenated alkanes) is 4. The smallest absolute Gasteiger partial charge is 0.108 e. The Balaban J connectivity index is 2.05. The molecule has 0 aliphatic rings. The van der Waals surface area contributed by atoms with Crippen LogP contribution < -0.4 is 0 Å². The second kappa shape index (κ2) is 8.29. The Morgan fingerprint density at radius 2 is 2.00 bits per heavy atom. The predicted molar refractivity (Wildman–Crippen MR) is 70.9 cm³/mol. The topological polar surface area (TPSA) is 38.1 Å². The lowest BCUT2D eigenvalue weighted by Crippen LogP contribution is -2.09. The van der Waals surface area contributed by atoms with Crippen LogP contribution in [0.15, 0.2) is 12.4 Å². The van der Waals surface area contributed by atoms with E-state index in [0.717, 1.165) is 31.5 Å². The summed E-state index contributed by atoms with van der Waals surface area (Å²) in [7, 11) is 2.00. The van der Waals surface area contributed by atoms with Crippen molar-refractivity contribution in [1.82, 2.24) is 9.55 Å². The molecule has 0 aliphatic carbocycles. The highest BCUT2D eigenvalue weighted by molar-refractivity contribution is 4.91. The van der Waals surface area contributed by atoms with Crippen molar-refractivity contribution in [2.45, 2.75) is 64.4 Å². The number of nitrogens with zero attached hydrogens (tertiary/aromatic N) is 2. The quantitative estimate of drug-likeness (QED) is 0.671. The number of aryl methyl sites for hydroxylation is 2. The van der Waals surface area contributed by atoms with Crippen LogP contribution in [-0.2, 0) is 13.5 Å². The first-order valence-corrected chi connectivity index (χ1v) is 6.88. The number of imidazole rings is 1. The third-order valence-electron chi connectivity index (χ3n) is 3.26. The van der Waals surface area contributed by atoms with Crippen LogP contribution >= 0.6 is 0 Å². The van der Waals surface area contributed by atoms with Gasteiger partial charge in [-0.15, -0.1) is 0 Å². The second-order valence-electron chi connectivity index (χ2n) is 4.85. The molecule has 0 amide bonds. The zero-order valence-electron chi connectivity index (χ0n) is 11.2. The highest BCUT2D eigenvalue weighted by Gasteiger charge is 2.06. The average molecular weight is 238 g/mol. The summed E-state index contributed by atoms with van der Waals surface area (Å²) >= 11 is 0. The standard InChI is InChI=1S/C14H26N2O/c1-3-4-5-6-7-8-13(17)9-10-14-15-11-12-16(14)2/h11-13,17H,3-10H2,1-2H3. The lowest BCUT2D eigenvalue weighted by Gasteiger charge is -2.10. The van der Waals surface area contributed by atoms with Gasteiger partial charge >= 0.3 is 0 Å². The molecule has 3 nitrogen and oxygen atoms in total. The fourth-order valence-electron chi connectivity index (χ4n) is 2.06. The molecule has 1 atom stereocenters. The van der Waals surface area contributed by atoms with Crippen molar-refractivity contribution < 1.29 is 5.11 Å². The molecule has 0 bridgehead atoms. The fraction of sp³-hybridized carbons (Fsp3) is 0.786. The Morgan fingerprint density at radius 1 is 1.24 bits per heavy atom. The van der Waals surface area contributed by atoms with E-state index in [0.29, 0.717) is 0 Å². The first-order valence-electron chi connectivity index (χ1n) is 6.88. The van der Waals surface area contributed by atoms with E-state index in [2.05, 4.69) is 11.9 Å².